The maximum atomic E-state index is 13.8. The predicted molar refractivity (Wildman–Crippen MR) is 226 cm³/mol. The molecule has 1 atom stereocenters. The van der Waals surface area contributed by atoms with Crippen molar-refractivity contribution in [3.63, 3.8) is 0 Å². The SMILES string of the molecule is Cc1c(C(=O)Nc2ccccc2)sc(NC(=O)C(C)Sc2cccc(NC(=O)/C(=C\c3ccc(OCc4ccccc4)cc3)NC(=O)c3ccccc3)c2)c1C#N. The summed E-state index contributed by atoms with van der Waals surface area (Å²) in [6.07, 6.45) is 1.58. The number of benzene rings is 5. The van der Waals surface area contributed by atoms with Crippen LogP contribution in [0, 0.1) is 18.3 Å². The number of nitrogens with zero attached hydrogens (tertiary/aromatic N) is 1. The standard InChI is InChI=1S/C45H37N5O5S2/c1-29-38(27-46)45(57-40(29)44(54)47-34-17-10-5-11-18-34)50-41(51)30(2)56-37-20-12-19-35(26-37)48-43(53)39(49-42(52)33-15-8-4-9-16-33)25-31-21-23-36(24-22-31)55-28-32-13-6-3-7-14-32/h3-26,30H,28H2,1-2H3,(H,47,54)(H,48,53)(H,49,52)(H,50,51)/b39-25+. The molecule has 12 heteroatoms. The Morgan fingerprint density at radius 1 is 0.772 bits per heavy atom. The van der Waals surface area contributed by atoms with Crippen molar-refractivity contribution < 1.29 is 23.9 Å². The fraction of sp³-hybridized carbons (Fsp3) is 0.0889. The Bertz CT molecular complexity index is 2450. The zero-order chi connectivity index (χ0) is 40.1. The molecule has 0 aliphatic carbocycles. The van der Waals surface area contributed by atoms with Crippen LogP contribution in [0.15, 0.2) is 150 Å². The maximum Gasteiger partial charge on any atom is 0.272 e. The van der Waals surface area contributed by atoms with Crippen LogP contribution in [0.2, 0.25) is 0 Å². The van der Waals surface area contributed by atoms with Gasteiger partial charge in [-0.2, -0.15) is 5.26 Å². The quantitative estimate of drug-likeness (QED) is 0.0635. The molecule has 1 aromatic heterocycles. The van der Waals surface area contributed by atoms with Gasteiger partial charge in [-0.15, -0.1) is 23.1 Å². The molecular formula is C45H37N5O5S2. The van der Waals surface area contributed by atoms with Crippen molar-refractivity contribution in [2.24, 2.45) is 0 Å². The summed E-state index contributed by atoms with van der Waals surface area (Å²) in [5, 5.41) is 20.8. The van der Waals surface area contributed by atoms with E-state index in [0.717, 1.165) is 16.9 Å². The summed E-state index contributed by atoms with van der Waals surface area (Å²) in [7, 11) is 0. The molecule has 10 nitrogen and oxygen atoms in total. The number of hydrogen-bond donors (Lipinski definition) is 4. The summed E-state index contributed by atoms with van der Waals surface area (Å²) in [6, 6.07) is 43.6. The Morgan fingerprint density at radius 2 is 1.42 bits per heavy atom. The number of hydrogen-bond acceptors (Lipinski definition) is 8. The Morgan fingerprint density at radius 3 is 2.11 bits per heavy atom. The highest BCUT2D eigenvalue weighted by molar-refractivity contribution is 8.00. The lowest BCUT2D eigenvalue weighted by Gasteiger charge is -2.14. The molecule has 0 spiro atoms. The van der Waals surface area contributed by atoms with Crippen LogP contribution in [0.5, 0.6) is 5.75 Å². The van der Waals surface area contributed by atoms with Gasteiger partial charge in [0.1, 0.15) is 29.1 Å². The van der Waals surface area contributed by atoms with Crippen LogP contribution in [-0.4, -0.2) is 28.9 Å². The van der Waals surface area contributed by atoms with Gasteiger partial charge in [0.2, 0.25) is 5.91 Å². The average molecular weight is 792 g/mol. The summed E-state index contributed by atoms with van der Waals surface area (Å²) in [5.74, 6) is -1.09. The van der Waals surface area contributed by atoms with Crippen LogP contribution < -0.4 is 26.0 Å². The molecule has 6 rings (SSSR count). The second-order valence-corrected chi connectivity index (χ2v) is 15.1. The molecule has 57 heavy (non-hydrogen) atoms. The van der Waals surface area contributed by atoms with Gasteiger partial charge in [0.25, 0.3) is 17.7 Å². The lowest BCUT2D eigenvalue weighted by atomic mass is 10.1. The number of para-hydroxylation sites is 1. The van der Waals surface area contributed by atoms with E-state index in [-0.39, 0.29) is 28.1 Å². The van der Waals surface area contributed by atoms with Gasteiger partial charge < -0.3 is 26.0 Å². The molecule has 6 aromatic rings. The van der Waals surface area contributed by atoms with Crippen LogP contribution in [0.3, 0.4) is 0 Å². The summed E-state index contributed by atoms with van der Waals surface area (Å²) in [5.41, 5.74) is 3.86. The lowest BCUT2D eigenvalue weighted by Crippen LogP contribution is -2.30. The zero-order valence-electron chi connectivity index (χ0n) is 30.9. The van der Waals surface area contributed by atoms with E-state index < -0.39 is 17.1 Å². The van der Waals surface area contributed by atoms with E-state index in [9.17, 15) is 24.4 Å². The summed E-state index contributed by atoms with van der Waals surface area (Å²) in [4.78, 5) is 54.3. The fourth-order valence-electron chi connectivity index (χ4n) is 5.49. The van der Waals surface area contributed by atoms with E-state index in [1.807, 2.05) is 42.5 Å². The molecule has 0 aliphatic rings. The molecule has 0 radical (unpaired) electrons. The molecule has 1 unspecified atom stereocenters. The molecule has 4 N–H and O–H groups in total. The highest BCUT2D eigenvalue weighted by atomic mass is 32.2. The van der Waals surface area contributed by atoms with Crippen molar-refractivity contribution >= 4 is 69.2 Å². The van der Waals surface area contributed by atoms with Gasteiger partial charge in [-0.1, -0.05) is 84.9 Å². The molecule has 0 fully saturated rings. The van der Waals surface area contributed by atoms with Crippen molar-refractivity contribution in [1.29, 1.82) is 5.26 Å². The first-order valence-electron chi connectivity index (χ1n) is 17.8. The molecular weight excluding hydrogens is 755 g/mol. The van der Waals surface area contributed by atoms with E-state index in [2.05, 4.69) is 27.3 Å². The van der Waals surface area contributed by atoms with Crippen molar-refractivity contribution in [2.75, 3.05) is 16.0 Å². The molecule has 284 valence electrons. The van der Waals surface area contributed by atoms with Crippen molar-refractivity contribution in [1.82, 2.24) is 5.32 Å². The first-order valence-corrected chi connectivity index (χ1v) is 19.5. The number of anilines is 3. The fourth-order valence-corrected chi connectivity index (χ4v) is 7.47. The zero-order valence-corrected chi connectivity index (χ0v) is 32.6. The van der Waals surface area contributed by atoms with Gasteiger partial charge in [0, 0.05) is 21.8 Å². The molecule has 0 aliphatic heterocycles. The van der Waals surface area contributed by atoms with Gasteiger partial charge in [-0.05, 0) is 91.2 Å². The average Bonchev–Trinajstić information content (AvgIpc) is 3.55. The Kier molecular flexibility index (Phi) is 13.3. The first kappa shape index (κ1) is 39.7. The van der Waals surface area contributed by atoms with Gasteiger partial charge in [0.05, 0.1) is 15.7 Å². The minimum Gasteiger partial charge on any atom is -0.489 e. The van der Waals surface area contributed by atoms with Gasteiger partial charge >= 0.3 is 0 Å². The Hall–Kier alpha value is -6.94. The van der Waals surface area contributed by atoms with Crippen LogP contribution in [-0.2, 0) is 16.2 Å². The number of nitriles is 1. The molecule has 0 saturated carbocycles. The highest BCUT2D eigenvalue weighted by Crippen LogP contribution is 2.34. The summed E-state index contributed by atoms with van der Waals surface area (Å²) in [6.45, 7) is 3.80. The van der Waals surface area contributed by atoms with E-state index in [4.69, 9.17) is 4.74 Å². The number of amides is 4. The van der Waals surface area contributed by atoms with Crippen LogP contribution in [0.4, 0.5) is 16.4 Å². The van der Waals surface area contributed by atoms with Crippen molar-refractivity contribution in [3.05, 3.63) is 178 Å². The second kappa shape index (κ2) is 19.1. The third-order valence-electron chi connectivity index (χ3n) is 8.48. The topological polar surface area (TPSA) is 149 Å². The van der Waals surface area contributed by atoms with E-state index in [1.54, 1.807) is 117 Å². The normalized spacial score (nSPS) is 11.4. The smallest absolute Gasteiger partial charge is 0.272 e. The first-order chi connectivity index (χ1) is 27.7. The highest BCUT2D eigenvalue weighted by Gasteiger charge is 2.24. The Labute approximate surface area is 338 Å². The third kappa shape index (κ3) is 10.9. The molecule has 0 saturated heterocycles. The monoisotopic (exact) mass is 791 g/mol. The number of thioether (sulfide) groups is 1. The van der Waals surface area contributed by atoms with Crippen LogP contribution in [0.25, 0.3) is 6.08 Å². The van der Waals surface area contributed by atoms with Crippen LogP contribution >= 0.6 is 23.1 Å². The van der Waals surface area contributed by atoms with Crippen molar-refractivity contribution in [3.8, 4) is 11.8 Å². The van der Waals surface area contributed by atoms with E-state index in [1.165, 1.54) is 11.8 Å². The number of rotatable bonds is 14. The number of ether oxygens (including phenoxy) is 1. The summed E-state index contributed by atoms with van der Waals surface area (Å²) >= 11 is 2.29. The minimum atomic E-state index is -0.619. The molecule has 1 heterocycles. The van der Waals surface area contributed by atoms with Crippen molar-refractivity contribution in [2.45, 2.75) is 30.6 Å². The third-order valence-corrected chi connectivity index (χ3v) is 10.8. The van der Waals surface area contributed by atoms with Crippen LogP contribution in [0.1, 0.15) is 49.2 Å². The number of carbonyl (C=O) groups excluding carboxylic acids is 4. The van der Waals surface area contributed by atoms with Gasteiger partial charge in [-0.3, -0.25) is 19.2 Å². The number of carbonyl (C=O) groups is 4. The lowest BCUT2D eigenvalue weighted by molar-refractivity contribution is -0.115. The summed E-state index contributed by atoms with van der Waals surface area (Å²) < 4.78 is 5.90. The molecule has 5 aromatic carbocycles. The number of thiophene rings is 1. The predicted octanol–water partition coefficient (Wildman–Crippen LogP) is 9.29. The molecule has 4 amide bonds. The maximum absolute atomic E-state index is 13.8. The number of nitrogens with one attached hydrogen (secondary N) is 4. The van der Waals surface area contributed by atoms with Gasteiger partial charge in [-0.25, -0.2) is 0 Å². The van der Waals surface area contributed by atoms with Gasteiger partial charge in [0.15, 0.2) is 0 Å². The minimum absolute atomic E-state index is 0.0176. The van der Waals surface area contributed by atoms with E-state index >= 15 is 0 Å². The largest absolute Gasteiger partial charge is 0.489 e. The molecule has 0 bridgehead atoms. The van der Waals surface area contributed by atoms with E-state index in [0.29, 0.717) is 50.2 Å². The second-order valence-electron chi connectivity index (χ2n) is 12.6. The Balaban J connectivity index is 1.13.